The van der Waals surface area contributed by atoms with Crippen molar-refractivity contribution in [3.05, 3.63) is 47.7 Å². The number of oxazole rings is 1. The van der Waals surface area contributed by atoms with Crippen molar-refractivity contribution in [2.24, 2.45) is 10.7 Å². The van der Waals surface area contributed by atoms with Crippen LogP contribution in [0.2, 0.25) is 0 Å². The number of rotatable bonds is 5. The summed E-state index contributed by atoms with van der Waals surface area (Å²) < 4.78 is 10.2. The number of carbonyl (C=O) groups excluding carboxylic acids is 1. The molecule has 1 aromatic heterocycles. The molecular weight excluding hydrogens is 296 g/mol. The van der Waals surface area contributed by atoms with Crippen LogP contribution in [-0.4, -0.2) is 29.6 Å². The van der Waals surface area contributed by atoms with Crippen molar-refractivity contribution in [3.63, 3.8) is 0 Å². The summed E-state index contributed by atoms with van der Waals surface area (Å²) in [5.74, 6) is -0.0774. The van der Waals surface area contributed by atoms with Crippen molar-refractivity contribution in [2.75, 3.05) is 11.9 Å². The van der Waals surface area contributed by atoms with E-state index in [2.05, 4.69) is 15.3 Å². The van der Waals surface area contributed by atoms with Gasteiger partial charge in [0.05, 0.1) is 11.7 Å². The Morgan fingerprint density at radius 3 is 2.78 bits per heavy atom. The number of benzene rings is 1. The highest BCUT2D eigenvalue weighted by Gasteiger charge is 2.16. The number of hydrogen-bond acceptors (Lipinski definition) is 6. The maximum absolute atomic E-state index is 12.0. The Bertz CT molecular complexity index is 721. The minimum Gasteiger partial charge on any atom is -0.463 e. The molecule has 0 saturated heterocycles. The molecule has 0 fully saturated rings. The van der Waals surface area contributed by atoms with Gasteiger partial charge in [-0.3, -0.25) is 4.79 Å². The van der Waals surface area contributed by atoms with Gasteiger partial charge in [-0.2, -0.15) is 0 Å². The highest BCUT2D eigenvalue weighted by Crippen LogP contribution is 2.16. The van der Waals surface area contributed by atoms with E-state index < -0.39 is 0 Å². The molecule has 2 heterocycles. The van der Waals surface area contributed by atoms with Gasteiger partial charge in [0.25, 0.3) is 11.9 Å². The van der Waals surface area contributed by atoms with E-state index in [9.17, 15) is 4.79 Å². The number of amides is 1. The molecule has 7 nitrogen and oxygen atoms in total. The number of aryl methyl sites for hydroxylation is 2. The molecule has 7 heteroatoms. The summed E-state index contributed by atoms with van der Waals surface area (Å²) in [5, 5.41) is 2.78. The first-order chi connectivity index (χ1) is 11.1. The molecule has 3 rings (SSSR count). The van der Waals surface area contributed by atoms with Crippen LogP contribution in [0.25, 0.3) is 0 Å². The molecule has 120 valence electrons. The number of nitrogens with zero attached hydrogens (tertiary/aromatic N) is 2. The summed E-state index contributed by atoms with van der Waals surface area (Å²) in [5.41, 5.74) is 7.93. The monoisotopic (exact) mass is 314 g/mol. The molecule has 2 aromatic rings. The molecule has 23 heavy (non-hydrogen) atoms. The molecule has 0 aliphatic carbocycles. The van der Waals surface area contributed by atoms with Crippen LogP contribution in [0.5, 0.6) is 0 Å². The van der Waals surface area contributed by atoms with Gasteiger partial charge in [0.15, 0.2) is 6.39 Å². The van der Waals surface area contributed by atoms with Crippen molar-refractivity contribution < 1.29 is 13.9 Å². The van der Waals surface area contributed by atoms with Gasteiger partial charge in [-0.15, -0.1) is 0 Å². The lowest BCUT2D eigenvalue weighted by Gasteiger charge is -2.07. The quantitative estimate of drug-likeness (QED) is 0.877. The van der Waals surface area contributed by atoms with Crippen LogP contribution in [0, 0.1) is 6.92 Å². The number of nitrogens with one attached hydrogen (secondary N) is 1. The van der Waals surface area contributed by atoms with Crippen molar-refractivity contribution in [1.82, 2.24) is 4.98 Å². The predicted octanol–water partition coefficient (Wildman–Crippen LogP) is 1.88. The Balaban J connectivity index is 1.55. The van der Waals surface area contributed by atoms with E-state index in [4.69, 9.17) is 14.9 Å². The SMILES string of the molecule is Cc1ncoc1C(=O)Nc1ccc(CC[C@H]2COC(N)=N2)cc1. The Labute approximate surface area is 133 Å². The first-order valence-corrected chi connectivity index (χ1v) is 7.38. The molecule has 3 N–H and O–H groups in total. The smallest absolute Gasteiger partial charge is 0.293 e. The minimum atomic E-state index is -0.305. The first-order valence-electron chi connectivity index (χ1n) is 7.38. The van der Waals surface area contributed by atoms with Crippen LogP contribution in [0.3, 0.4) is 0 Å². The van der Waals surface area contributed by atoms with E-state index in [0.717, 1.165) is 12.8 Å². The van der Waals surface area contributed by atoms with Gasteiger partial charge < -0.3 is 20.2 Å². The normalized spacial score (nSPS) is 16.7. The standard InChI is InChI=1S/C16H18N4O3/c1-10-14(23-9-18-10)15(21)19-12-5-2-11(3-6-12)4-7-13-8-22-16(17)20-13/h2-3,5-6,9,13H,4,7-8H2,1H3,(H2,17,20)(H,19,21)/t13-/m0/s1. The fourth-order valence-electron chi connectivity index (χ4n) is 2.38. The number of nitrogens with two attached hydrogens (primary N) is 1. The fourth-order valence-corrected chi connectivity index (χ4v) is 2.38. The fraction of sp³-hybridized carbons (Fsp3) is 0.312. The molecule has 1 aliphatic rings. The molecule has 0 saturated carbocycles. The molecule has 0 bridgehead atoms. The van der Waals surface area contributed by atoms with Gasteiger partial charge >= 0.3 is 0 Å². The summed E-state index contributed by atoms with van der Waals surface area (Å²) in [7, 11) is 0. The zero-order chi connectivity index (χ0) is 16.2. The highest BCUT2D eigenvalue weighted by molar-refractivity contribution is 6.02. The lowest BCUT2D eigenvalue weighted by Crippen LogP contribution is -2.12. The third-order valence-corrected chi connectivity index (χ3v) is 3.66. The van der Waals surface area contributed by atoms with Gasteiger partial charge in [0, 0.05) is 5.69 Å². The summed E-state index contributed by atoms with van der Waals surface area (Å²) >= 11 is 0. The van der Waals surface area contributed by atoms with E-state index in [1.54, 1.807) is 6.92 Å². The average molecular weight is 314 g/mol. The maximum Gasteiger partial charge on any atom is 0.293 e. The van der Waals surface area contributed by atoms with Gasteiger partial charge in [0.2, 0.25) is 5.76 Å². The molecule has 0 unspecified atom stereocenters. The number of aliphatic imine (C=N–C) groups is 1. The molecule has 0 radical (unpaired) electrons. The molecule has 1 amide bonds. The van der Waals surface area contributed by atoms with Crippen LogP contribution in [-0.2, 0) is 11.2 Å². The number of anilines is 1. The molecule has 0 spiro atoms. The largest absolute Gasteiger partial charge is 0.463 e. The van der Waals surface area contributed by atoms with Crippen LogP contribution < -0.4 is 11.1 Å². The van der Waals surface area contributed by atoms with Crippen molar-refractivity contribution in [3.8, 4) is 0 Å². The van der Waals surface area contributed by atoms with Gasteiger partial charge in [-0.25, -0.2) is 9.98 Å². The zero-order valence-electron chi connectivity index (χ0n) is 12.8. The van der Waals surface area contributed by atoms with Crippen molar-refractivity contribution >= 4 is 17.6 Å². The highest BCUT2D eigenvalue weighted by atomic mass is 16.5. The van der Waals surface area contributed by atoms with E-state index >= 15 is 0 Å². The Kier molecular flexibility index (Phi) is 4.27. The molecular formula is C16H18N4O3. The second kappa shape index (κ2) is 6.51. The van der Waals surface area contributed by atoms with Crippen molar-refractivity contribution in [1.29, 1.82) is 0 Å². The van der Waals surface area contributed by atoms with E-state index in [1.165, 1.54) is 12.0 Å². The summed E-state index contributed by atoms with van der Waals surface area (Å²) in [6.45, 7) is 2.28. The third-order valence-electron chi connectivity index (χ3n) is 3.66. The van der Waals surface area contributed by atoms with Crippen molar-refractivity contribution in [2.45, 2.75) is 25.8 Å². The van der Waals surface area contributed by atoms with Gasteiger partial charge in [0.1, 0.15) is 6.61 Å². The number of hydrogen-bond donors (Lipinski definition) is 2. The summed E-state index contributed by atoms with van der Waals surface area (Å²) in [4.78, 5) is 20.1. The Morgan fingerprint density at radius 2 is 2.17 bits per heavy atom. The van der Waals surface area contributed by atoms with Gasteiger partial charge in [-0.05, 0) is 37.5 Å². The average Bonchev–Trinajstić information content (AvgIpc) is 3.15. The molecule has 1 aromatic carbocycles. The summed E-state index contributed by atoms with van der Waals surface area (Å²) in [6, 6.07) is 8.08. The van der Waals surface area contributed by atoms with Crippen LogP contribution >= 0.6 is 0 Å². The van der Waals surface area contributed by atoms with E-state index in [0.29, 0.717) is 18.0 Å². The third kappa shape index (κ3) is 3.68. The topological polar surface area (TPSA) is 103 Å². The number of ether oxygens (including phenoxy) is 1. The number of carbonyl (C=O) groups is 1. The second-order valence-electron chi connectivity index (χ2n) is 5.39. The maximum atomic E-state index is 12.0. The number of aromatic nitrogens is 1. The van der Waals surface area contributed by atoms with Crippen LogP contribution in [0.15, 0.2) is 40.1 Å². The van der Waals surface area contributed by atoms with E-state index in [1.807, 2.05) is 24.3 Å². The molecule has 1 atom stereocenters. The Hall–Kier alpha value is -2.83. The van der Waals surface area contributed by atoms with Crippen LogP contribution in [0.1, 0.15) is 28.2 Å². The summed E-state index contributed by atoms with van der Waals surface area (Å²) in [6.07, 6.45) is 3.01. The second-order valence-corrected chi connectivity index (χ2v) is 5.39. The number of amidine groups is 1. The zero-order valence-corrected chi connectivity index (χ0v) is 12.8. The predicted molar refractivity (Wildman–Crippen MR) is 85.3 cm³/mol. The lowest BCUT2D eigenvalue weighted by atomic mass is 10.1. The van der Waals surface area contributed by atoms with E-state index in [-0.39, 0.29) is 23.7 Å². The van der Waals surface area contributed by atoms with Gasteiger partial charge in [-0.1, -0.05) is 12.1 Å². The minimum absolute atomic E-state index is 0.129. The Morgan fingerprint density at radius 1 is 1.39 bits per heavy atom. The first kappa shape index (κ1) is 15.1. The lowest BCUT2D eigenvalue weighted by molar-refractivity contribution is 0.0996. The molecule has 1 aliphatic heterocycles. The van der Waals surface area contributed by atoms with Crippen LogP contribution in [0.4, 0.5) is 5.69 Å².